The third kappa shape index (κ3) is 2.31. The molecule has 0 aromatic carbocycles. The molecule has 0 radical (unpaired) electrons. The maximum Gasteiger partial charge on any atom is 0.185 e. The number of carbonyl (C=O) groups excluding carboxylic acids is 1. The molecule has 2 heterocycles. The van der Waals surface area contributed by atoms with Gasteiger partial charge in [0, 0.05) is 25.0 Å². The molecule has 16 heavy (non-hydrogen) atoms. The molecule has 0 unspecified atom stereocenters. The maximum absolute atomic E-state index is 11.9. The Balaban J connectivity index is 2.19. The van der Waals surface area contributed by atoms with E-state index in [1.165, 1.54) is 0 Å². The number of hydrogen-bond donors (Lipinski definition) is 0. The minimum atomic E-state index is 0.0334. The van der Waals surface area contributed by atoms with Crippen LogP contribution in [0.5, 0.6) is 0 Å². The summed E-state index contributed by atoms with van der Waals surface area (Å²) in [5, 5.41) is 0. The fourth-order valence-electron chi connectivity index (χ4n) is 1.55. The molecule has 0 fully saturated rings. The van der Waals surface area contributed by atoms with E-state index in [0.29, 0.717) is 12.1 Å². The molecular formula is C13H12N2O. The summed E-state index contributed by atoms with van der Waals surface area (Å²) in [4.78, 5) is 20.0. The van der Waals surface area contributed by atoms with E-state index in [9.17, 15) is 4.79 Å². The lowest BCUT2D eigenvalue weighted by Gasteiger charge is -2.02. The highest BCUT2D eigenvalue weighted by molar-refractivity contribution is 5.96. The molecule has 3 heteroatoms. The smallest absolute Gasteiger partial charge is 0.185 e. The van der Waals surface area contributed by atoms with Crippen LogP contribution >= 0.6 is 0 Å². The third-order valence-electron chi connectivity index (χ3n) is 2.36. The number of rotatable bonds is 3. The van der Waals surface area contributed by atoms with Crippen LogP contribution in [0.25, 0.3) is 0 Å². The fraction of sp³-hybridized carbons (Fsp3) is 0.154. The lowest BCUT2D eigenvalue weighted by molar-refractivity contribution is 0.0987. The quantitative estimate of drug-likeness (QED) is 0.732. The third-order valence-corrected chi connectivity index (χ3v) is 2.36. The second-order valence-electron chi connectivity index (χ2n) is 3.63. The van der Waals surface area contributed by atoms with E-state index in [-0.39, 0.29) is 5.78 Å². The zero-order valence-corrected chi connectivity index (χ0v) is 9.05. The second kappa shape index (κ2) is 4.66. The molecule has 0 aliphatic rings. The van der Waals surface area contributed by atoms with Crippen LogP contribution in [0, 0.1) is 6.92 Å². The van der Waals surface area contributed by atoms with Gasteiger partial charge in [-0.1, -0.05) is 12.1 Å². The first-order chi connectivity index (χ1) is 7.77. The van der Waals surface area contributed by atoms with Crippen LogP contribution in [0.4, 0.5) is 0 Å². The number of pyridine rings is 2. The minimum absolute atomic E-state index is 0.0334. The van der Waals surface area contributed by atoms with Crippen LogP contribution in [0.3, 0.4) is 0 Å². The van der Waals surface area contributed by atoms with Crippen molar-refractivity contribution in [3.05, 3.63) is 59.7 Å². The summed E-state index contributed by atoms with van der Waals surface area (Å²) in [6.07, 6.45) is 5.39. The predicted molar refractivity (Wildman–Crippen MR) is 61.2 cm³/mol. The molecule has 0 aliphatic carbocycles. The summed E-state index contributed by atoms with van der Waals surface area (Å²) in [5.41, 5.74) is 2.38. The molecule has 80 valence electrons. The van der Waals surface area contributed by atoms with E-state index in [1.807, 2.05) is 31.2 Å². The van der Waals surface area contributed by atoms with Gasteiger partial charge in [0.05, 0.1) is 0 Å². The predicted octanol–water partition coefficient (Wildman–Crippen LogP) is 2.21. The molecule has 2 aromatic rings. The number of aryl methyl sites for hydroxylation is 1. The van der Waals surface area contributed by atoms with Gasteiger partial charge in [-0.05, 0) is 30.2 Å². The zero-order valence-electron chi connectivity index (χ0n) is 9.05. The van der Waals surface area contributed by atoms with Gasteiger partial charge in [0.25, 0.3) is 0 Å². The fourth-order valence-corrected chi connectivity index (χ4v) is 1.55. The molecular weight excluding hydrogens is 200 g/mol. The highest BCUT2D eigenvalue weighted by atomic mass is 16.1. The minimum Gasteiger partial charge on any atom is -0.292 e. The lowest BCUT2D eigenvalue weighted by atomic mass is 10.1. The van der Waals surface area contributed by atoms with Crippen LogP contribution < -0.4 is 0 Å². The highest BCUT2D eigenvalue weighted by Gasteiger charge is 2.10. The Kier molecular flexibility index (Phi) is 3.05. The number of carbonyl (C=O) groups is 1. The zero-order chi connectivity index (χ0) is 11.4. The van der Waals surface area contributed by atoms with E-state index in [1.54, 1.807) is 18.6 Å². The average Bonchev–Trinajstić information content (AvgIpc) is 2.31. The highest BCUT2D eigenvalue weighted by Crippen LogP contribution is 2.08. The Hall–Kier alpha value is -2.03. The summed E-state index contributed by atoms with van der Waals surface area (Å²) < 4.78 is 0. The van der Waals surface area contributed by atoms with Gasteiger partial charge in [-0.25, -0.2) is 0 Å². The van der Waals surface area contributed by atoms with Crippen LogP contribution in [0.1, 0.15) is 21.6 Å². The lowest BCUT2D eigenvalue weighted by Crippen LogP contribution is -2.07. The van der Waals surface area contributed by atoms with Gasteiger partial charge in [-0.3, -0.25) is 14.8 Å². The van der Waals surface area contributed by atoms with Gasteiger partial charge in [-0.15, -0.1) is 0 Å². The molecule has 3 nitrogen and oxygen atoms in total. The number of nitrogens with zero attached hydrogens (tertiary/aromatic N) is 2. The molecule has 0 spiro atoms. The van der Waals surface area contributed by atoms with Gasteiger partial charge in [0.2, 0.25) is 0 Å². The van der Waals surface area contributed by atoms with Gasteiger partial charge >= 0.3 is 0 Å². The Morgan fingerprint density at radius 1 is 1.25 bits per heavy atom. The van der Waals surface area contributed by atoms with Crippen molar-refractivity contribution in [3.8, 4) is 0 Å². The normalized spacial score (nSPS) is 10.1. The summed E-state index contributed by atoms with van der Waals surface area (Å²) >= 11 is 0. The van der Waals surface area contributed by atoms with Crippen LogP contribution in [-0.2, 0) is 6.42 Å². The number of Topliss-reactive ketones (excluding diaryl/α,β-unsaturated/α-hetero) is 1. The maximum atomic E-state index is 11.9. The van der Waals surface area contributed by atoms with Gasteiger partial charge < -0.3 is 0 Å². The van der Waals surface area contributed by atoms with E-state index in [0.717, 1.165) is 11.1 Å². The number of hydrogen-bond acceptors (Lipinski definition) is 3. The Morgan fingerprint density at radius 3 is 2.75 bits per heavy atom. The second-order valence-corrected chi connectivity index (χ2v) is 3.63. The first-order valence-electron chi connectivity index (χ1n) is 5.11. The Labute approximate surface area is 94.2 Å². The molecule has 2 rings (SSSR count). The summed E-state index contributed by atoms with van der Waals surface area (Å²) in [7, 11) is 0. The van der Waals surface area contributed by atoms with Crippen molar-refractivity contribution in [2.75, 3.05) is 0 Å². The molecule has 0 saturated carbocycles. The largest absolute Gasteiger partial charge is 0.292 e. The monoisotopic (exact) mass is 212 g/mol. The standard InChI is InChI=1S/C13H12N2O/c1-10-4-2-7-15-13(10)12(16)8-11-5-3-6-14-9-11/h2-7,9H,8H2,1H3. The van der Waals surface area contributed by atoms with E-state index in [4.69, 9.17) is 0 Å². The van der Waals surface area contributed by atoms with Gasteiger partial charge in [0.15, 0.2) is 5.78 Å². The van der Waals surface area contributed by atoms with Crippen LogP contribution in [-0.4, -0.2) is 15.8 Å². The van der Waals surface area contributed by atoms with E-state index >= 15 is 0 Å². The number of ketones is 1. The topological polar surface area (TPSA) is 42.9 Å². The Bertz CT molecular complexity index is 494. The summed E-state index contributed by atoms with van der Waals surface area (Å²) in [6.45, 7) is 1.89. The molecule has 0 atom stereocenters. The molecule has 2 aromatic heterocycles. The Morgan fingerprint density at radius 2 is 2.06 bits per heavy atom. The summed E-state index contributed by atoms with van der Waals surface area (Å²) in [5.74, 6) is 0.0334. The molecule has 0 amide bonds. The van der Waals surface area contributed by atoms with Crippen LogP contribution in [0.15, 0.2) is 42.9 Å². The first-order valence-corrected chi connectivity index (χ1v) is 5.11. The molecule has 0 N–H and O–H groups in total. The van der Waals surface area contributed by atoms with Crippen molar-refractivity contribution in [3.63, 3.8) is 0 Å². The van der Waals surface area contributed by atoms with Crippen molar-refractivity contribution in [1.82, 2.24) is 9.97 Å². The molecule has 0 aliphatic heterocycles. The van der Waals surface area contributed by atoms with E-state index in [2.05, 4.69) is 9.97 Å². The van der Waals surface area contributed by atoms with Crippen molar-refractivity contribution in [2.45, 2.75) is 13.3 Å². The summed E-state index contributed by atoms with van der Waals surface area (Å²) in [6, 6.07) is 7.44. The first kappa shape index (κ1) is 10.5. The molecule has 0 bridgehead atoms. The van der Waals surface area contributed by atoms with Crippen LogP contribution in [0.2, 0.25) is 0 Å². The SMILES string of the molecule is Cc1cccnc1C(=O)Cc1cccnc1. The van der Waals surface area contributed by atoms with Crippen molar-refractivity contribution in [1.29, 1.82) is 0 Å². The van der Waals surface area contributed by atoms with Crippen molar-refractivity contribution < 1.29 is 4.79 Å². The van der Waals surface area contributed by atoms with Gasteiger partial charge in [-0.2, -0.15) is 0 Å². The van der Waals surface area contributed by atoms with Crippen molar-refractivity contribution in [2.24, 2.45) is 0 Å². The van der Waals surface area contributed by atoms with Crippen molar-refractivity contribution >= 4 is 5.78 Å². The average molecular weight is 212 g/mol. The van der Waals surface area contributed by atoms with E-state index < -0.39 is 0 Å². The van der Waals surface area contributed by atoms with Gasteiger partial charge in [0.1, 0.15) is 5.69 Å². The number of aromatic nitrogens is 2. The molecule has 0 saturated heterocycles.